The first-order valence-corrected chi connectivity index (χ1v) is 8.37. The number of halogens is 2. The van der Waals surface area contributed by atoms with Gasteiger partial charge in [0.15, 0.2) is 0 Å². The molecule has 7 nitrogen and oxygen atoms in total. The summed E-state index contributed by atoms with van der Waals surface area (Å²) in [7, 11) is -4.14. The molecule has 2 aromatic heterocycles. The maximum absolute atomic E-state index is 12.3. The molecule has 0 saturated heterocycles. The Labute approximate surface area is 133 Å². The number of nitrogens with one attached hydrogen (secondary N) is 1. The van der Waals surface area contributed by atoms with Crippen LogP contribution in [0.5, 0.6) is 0 Å². The lowest BCUT2D eigenvalue weighted by molar-refractivity contribution is 0.0698. The van der Waals surface area contributed by atoms with Crippen molar-refractivity contribution in [1.29, 1.82) is 0 Å². The number of thiophene rings is 1. The topological polar surface area (TPSA) is 109 Å². The number of rotatable bonds is 4. The van der Waals surface area contributed by atoms with E-state index in [1.807, 2.05) is 0 Å². The molecule has 0 saturated carbocycles. The largest absolute Gasteiger partial charge is 0.477 e. The highest BCUT2D eigenvalue weighted by Gasteiger charge is 2.27. The highest BCUT2D eigenvalue weighted by molar-refractivity contribution is 7.93. The Kier molecular flexibility index (Phi) is 4.38. The molecule has 0 spiro atoms. The molecule has 0 bridgehead atoms. The number of hydrogen-bond acceptors (Lipinski definition) is 6. The van der Waals surface area contributed by atoms with Gasteiger partial charge in [-0.15, -0.1) is 11.3 Å². The van der Waals surface area contributed by atoms with Crippen LogP contribution in [0.1, 0.15) is 15.2 Å². The van der Waals surface area contributed by atoms with Gasteiger partial charge in [0.05, 0.1) is 0 Å². The van der Waals surface area contributed by atoms with Gasteiger partial charge < -0.3 is 5.11 Å². The minimum Gasteiger partial charge on any atom is -0.477 e. The molecule has 0 aliphatic carbocycles. The predicted molar refractivity (Wildman–Crippen MR) is 78.9 cm³/mol. The summed E-state index contributed by atoms with van der Waals surface area (Å²) in [5.41, 5.74) is 0.316. The van der Waals surface area contributed by atoms with Crippen LogP contribution in [0, 0.1) is 6.92 Å². The molecule has 0 radical (unpaired) electrons. The van der Waals surface area contributed by atoms with Crippen LogP contribution in [0.25, 0.3) is 0 Å². The van der Waals surface area contributed by atoms with E-state index < -0.39 is 16.0 Å². The van der Waals surface area contributed by atoms with Gasteiger partial charge in [-0.2, -0.15) is 4.98 Å². The van der Waals surface area contributed by atoms with E-state index in [2.05, 4.69) is 14.7 Å². The number of sulfonamides is 1. The van der Waals surface area contributed by atoms with E-state index in [-0.39, 0.29) is 26.0 Å². The second-order valence-corrected chi connectivity index (χ2v) is 7.06. The van der Waals surface area contributed by atoms with Crippen LogP contribution in [0.2, 0.25) is 10.4 Å². The predicted octanol–water partition coefficient (Wildman–Crippen LogP) is 2.65. The number of aromatic nitrogens is 2. The first-order valence-electron chi connectivity index (χ1n) is 5.25. The van der Waals surface area contributed by atoms with Crippen LogP contribution in [-0.2, 0) is 10.0 Å². The number of anilines is 1. The third-order valence-corrected chi connectivity index (χ3v) is 5.41. The fourth-order valence-corrected chi connectivity index (χ4v) is 4.58. The van der Waals surface area contributed by atoms with Crippen molar-refractivity contribution in [3.8, 4) is 0 Å². The molecule has 0 unspecified atom stereocenters. The molecule has 2 N–H and O–H groups in total. The lowest BCUT2D eigenvalue weighted by Gasteiger charge is -2.08. The Morgan fingerprint density at radius 3 is 2.62 bits per heavy atom. The van der Waals surface area contributed by atoms with Gasteiger partial charge in [-0.3, -0.25) is 4.72 Å². The minimum absolute atomic E-state index is 0.0480. The van der Waals surface area contributed by atoms with E-state index in [1.165, 1.54) is 12.3 Å². The molecule has 11 heteroatoms. The average molecular weight is 368 g/mol. The Hall–Kier alpha value is -1.42. The van der Waals surface area contributed by atoms with Gasteiger partial charge in [0.25, 0.3) is 10.0 Å². The number of carbonyl (C=O) groups is 1. The Morgan fingerprint density at radius 1 is 1.38 bits per heavy atom. The number of aromatic carboxylic acids is 1. The van der Waals surface area contributed by atoms with Crippen molar-refractivity contribution in [2.75, 3.05) is 4.72 Å². The Morgan fingerprint density at radius 2 is 2.05 bits per heavy atom. The molecule has 0 fully saturated rings. The fourth-order valence-electron chi connectivity index (χ4n) is 1.55. The minimum atomic E-state index is -4.14. The molecule has 0 amide bonds. The van der Waals surface area contributed by atoms with E-state index in [4.69, 9.17) is 28.3 Å². The lowest BCUT2D eigenvalue weighted by Crippen LogP contribution is -2.17. The normalized spacial score (nSPS) is 11.4. The van der Waals surface area contributed by atoms with Crippen LogP contribution in [0.4, 0.5) is 5.82 Å². The summed E-state index contributed by atoms with van der Waals surface area (Å²) in [4.78, 5) is 17.7. The fraction of sp³-hybridized carbons (Fsp3) is 0.100. The summed E-state index contributed by atoms with van der Waals surface area (Å²) in [6.45, 7) is 1.50. The van der Waals surface area contributed by atoms with Crippen molar-refractivity contribution < 1.29 is 18.3 Å². The summed E-state index contributed by atoms with van der Waals surface area (Å²) in [6, 6.07) is 1.16. The maximum Gasteiger partial charge on any atom is 0.347 e. The summed E-state index contributed by atoms with van der Waals surface area (Å²) < 4.78 is 26.8. The first-order chi connectivity index (χ1) is 9.70. The molecule has 2 rings (SSSR count). The zero-order valence-electron chi connectivity index (χ0n) is 10.3. The molecule has 0 atom stereocenters. The standard InChI is InChI=1S/C10H7Cl2N3O4S2/c1-4-3-20-7(9(16)17)8(4)21(18,19)15-6-2-5(11)13-10(12)14-6/h2-3H,1H3,(H,16,17)(H,13,14,15). The first kappa shape index (κ1) is 16.0. The van der Waals surface area contributed by atoms with E-state index >= 15 is 0 Å². The molecule has 0 aromatic carbocycles. The van der Waals surface area contributed by atoms with Crippen molar-refractivity contribution in [2.24, 2.45) is 0 Å². The summed E-state index contributed by atoms with van der Waals surface area (Å²) >= 11 is 12.1. The van der Waals surface area contributed by atoms with Crippen molar-refractivity contribution in [3.63, 3.8) is 0 Å². The van der Waals surface area contributed by atoms with Gasteiger partial charge in [0, 0.05) is 6.07 Å². The van der Waals surface area contributed by atoms with Gasteiger partial charge in [-0.05, 0) is 29.5 Å². The van der Waals surface area contributed by atoms with Gasteiger partial charge >= 0.3 is 5.97 Å². The van der Waals surface area contributed by atoms with Crippen LogP contribution < -0.4 is 4.72 Å². The third kappa shape index (κ3) is 3.43. The second kappa shape index (κ2) is 5.76. The third-order valence-electron chi connectivity index (χ3n) is 2.29. The molecule has 21 heavy (non-hydrogen) atoms. The zero-order valence-corrected chi connectivity index (χ0v) is 13.4. The van der Waals surface area contributed by atoms with E-state index in [0.29, 0.717) is 5.56 Å². The smallest absolute Gasteiger partial charge is 0.347 e. The molecule has 0 aliphatic heterocycles. The van der Waals surface area contributed by atoms with Crippen LogP contribution in [0.3, 0.4) is 0 Å². The quantitative estimate of drug-likeness (QED) is 0.634. The molecule has 2 aromatic rings. The average Bonchev–Trinajstić information content (AvgIpc) is 2.69. The molecule has 2 heterocycles. The summed E-state index contributed by atoms with van der Waals surface area (Å²) in [6.07, 6.45) is 0. The van der Waals surface area contributed by atoms with Gasteiger partial charge in [0.1, 0.15) is 20.7 Å². The van der Waals surface area contributed by atoms with Crippen LogP contribution in [0.15, 0.2) is 16.3 Å². The highest BCUT2D eigenvalue weighted by atomic mass is 35.5. The second-order valence-electron chi connectivity index (χ2n) is 3.83. The number of aryl methyl sites for hydroxylation is 1. The van der Waals surface area contributed by atoms with Gasteiger partial charge in [-0.25, -0.2) is 18.2 Å². The number of carboxylic acids is 1. The van der Waals surface area contributed by atoms with Crippen molar-refractivity contribution in [2.45, 2.75) is 11.8 Å². The lowest BCUT2D eigenvalue weighted by atomic mass is 10.3. The van der Waals surface area contributed by atoms with E-state index in [0.717, 1.165) is 17.4 Å². The van der Waals surface area contributed by atoms with E-state index in [1.54, 1.807) is 0 Å². The summed E-state index contributed by atoms with van der Waals surface area (Å²) in [5.74, 6) is -1.48. The summed E-state index contributed by atoms with van der Waals surface area (Å²) in [5, 5.41) is 10.2. The van der Waals surface area contributed by atoms with Gasteiger partial charge in [0.2, 0.25) is 5.28 Å². The molecule has 112 valence electrons. The zero-order chi connectivity index (χ0) is 15.8. The van der Waals surface area contributed by atoms with Gasteiger partial charge in [-0.1, -0.05) is 11.6 Å². The molecular formula is C10H7Cl2N3O4S2. The highest BCUT2D eigenvalue weighted by Crippen LogP contribution is 2.28. The Bertz CT molecular complexity index is 799. The number of hydrogen-bond donors (Lipinski definition) is 2. The molecular weight excluding hydrogens is 361 g/mol. The van der Waals surface area contributed by atoms with Crippen LogP contribution in [-0.4, -0.2) is 29.5 Å². The van der Waals surface area contributed by atoms with Crippen molar-refractivity contribution in [3.05, 3.63) is 32.3 Å². The van der Waals surface area contributed by atoms with Crippen molar-refractivity contribution >= 4 is 56.3 Å². The maximum atomic E-state index is 12.3. The number of carboxylic acid groups (broad SMARTS) is 1. The number of nitrogens with zero attached hydrogens (tertiary/aromatic N) is 2. The SMILES string of the molecule is Cc1csc(C(=O)O)c1S(=O)(=O)Nc1cc(Cl)nc(Cl)n1. The van der Waals surface area contributed by atoms with Crippen molar-refractivity contribution in [1.82, 2.24) is 9.97 Å². The monoisotopic (exact) mass is 367 g/mol. The molecule has 0 aliphatic rings. The van der Waals surface area contributed by atoms with Crippen LogP contribution >= 0.6 is 34.5 Å². The Balaban J connectivity index is 2.48. The van der Waals surface area contributed by atoms with E-state index in [9.17, 15) is 13.2 Å².